The van der Waals surface area contributed by atoms with E-state index in [9.17, 15) is 4.79 Å². The molecule has 0 radical (unpaired) electrons. The summed E-state index contributed by atoms with van der Waals surface area (Å²) in [6.45, 7) is 3.80. The van der Waals surface area contributed by atoms with Gasteiger partial charge in [-0.1, -0.05) is 6.92 Å². The fraction of sp³-hybridized carbons (Fsp3) is 0.636. The molecular formula is C11H17N3O. The van der Waals surface area contributed by atoms with Crippen LogP contribution < -0.4 is 5.32 Å². The average Bonchev–Trinajstić information content (AvgIpc) is 2.77. The standard InChI is InChI=1S/C11H17N3O/c1-9-7-10(9)11(15)13-3-2-5-14-6-4-12-8-14/h4,6,8-10H,2-3,5,7H2,1H3,(H,13,15)/t9-,10-/m1/s1. The molecule has 0 aliphatic heterocycles. The smallest absolute Gasteiger partial charge is 0.223 e. The maximum absolute atomic E-state index is 11.4. The lowest BCUT2D eigenvalue weighted by molar-refractivity contribution is -0.122. The summed E-state index contributed by atoms with van der Waals surface area (Å²) < 4.78 is 2.02. The van der Waals surface area contributed by atoms with E-state index >= 15 is 0 Å². The van der Waals surface area contributed by atoms with Crippen molar-refractivity contribution in [2.24, 2.45) is 11.8 Å². The molecule has 1 saturated carbocycles. The fourth-order valence-corrected chi connectivity index (χ4v) is 1.71. The maximum Gasteiger partial charge on any atom is 0.223 e. The molecule has 0 aromatic carbocycles. The Morgan fingerprint density at radius 1 is 1.67 bits per heavy atom. The van der Waals surface area contributed by atoms with Crippen molar-refractivity contribution in [1.82, 2.24) is 14.9 Å². The fourth-order valence-electron chi connectivity index (χ4n) is 1.71. The Morgan fingerprint density at radius 3 is 3.07 bits per heavy atom. The number of hydrogen-bond acceptors (Lipinski definition) is 2. The van der Waals surface area contributed by atoms with E-state index in [-0.39, 0.29) is 5.91 Å². The zero-order valence-electron chi connectivity index (χ0n) is 9.02. The highest BCUT2D eigenvalue weighted by atomic mass is 16.2. The number of nitrogens with one attached hydrogen (secondary N) is 1. The second-order valence-electron chi connectivity index (χ2n) is 4.26. The number of imidazole rings is 1. The Hall–Kier alpha value is -1.32. The van der Waals surface area contributed by atoms with Crippen molar-refractivity contribution < 1.29 is 4.79 Å². The van der Waals surface area contributed by atoms with Crippen LogP contribution in [0.25, 0.3) is 0 Å². The van der Waals surface area contributed by atoms with Gasteiger partial charge in [-0.25, -0.2) is 4.98 Å². The van der Waals surface area contributed by atoms with Crippen molar-refractivity contribution in [3.05, 3.63) is 18.7 Å². The van der Waals surface area contributed by atoms with Gasteiger partial charge in [0, 0.05) is 31.4 Å². The third-order valence-corrected chi connectivity index (χ3v) is 2.90. The first-order valence-electron chi connectivity index (χ1n) is 5.51. The highest BCUT2D eigenvalue weighted by Crippen LogP contribution is 2.37. The number of carbonyl (C=O) groups excluding carboxylic acids is 1. The van der Waals surface area contributed by atoms with Crippen LogP contribution in [-0.2, 0) is 11.3 Å². The van der Waals surface area contributed by atoms with Gasteiger partial charge in [0.1, 0.15) is 0 Å². The van der Waals surface area contributed by atoms with Crippen molar-refractivity contribution >= 4 is 5.91 Å². The number of aromatic nitrogens is 2. The minimum atomic E-state index is 0.230. The topological polar surface area (TPSA) is 46.9 Å². The van der Waals surface area contributed by atoms with Gasteiger partial charge in [-0.3, -0.25) is 4.79 Å². The molecule has 1 aromatic rings. The quantitative estimate of drug-likeness (QED) is 0.733. The van der Waals surface area contributed by atoms with Gasteiger partial charge >= 0.3 is 0 Å². The molecule has 2 atom stereocenters. The van der Waals surface area contributed by atoms with Gasteiger partial charge in [0.05, 0.1) is 6.33 Å². The van der Waals surface area contributed by atoms with Gasteiger partial charge in [-0.05, 0) is 18.8 Å². The minimum Gasteiger partial charge on any atom is -0.356 e. The van der Waals surface area contributed by atoms with Crippen LogP contribution in [0.2, 0.25) is 0 Å². The summed E-state index contributed by atoms with van der Waals surface area (Å²) in [7, 11) is 0. The second-order valence-corrected chi connectivity index (χ2v) is 4.26. The number of amides is 1. The molecule has 1 aromatic heterocycles. The molecule has 4 nitrogen and oxygen atoms in total. The van der Waals surface area contributed by atoms with Crippen LogP contribution in [0.3, 0.4) is 0 Å². The zero-order chi connectivity index (χ0) is 10.7. The number of carbonyl (C=O) groups is 1. The number of nitrogens with zero attached hydrogens (tertiary/aromatic N) is 2. The Bertz CT molecular complexity index is 321. The minimum absolute atomic E-state index is 0.230. The summed E-state index contributed by atoms with van der Waals surface area (Å²) in [5.41, 5.74) is 0. The van der Waals surface area contributed by atoms with Crippen LogP contribution >= 0.6 is 0 Å². The molecule has 1 fully saturated rings. The largest absolute Gasteiger partial charge is 0.356 e. The molecule has 0 unspecified atom stereocenters. The van der Waals surface area contributed by atoms with E-state index in [4.69, 9.17) is 0 Å². The first-order chi connectivity index (χ1) is 7.27. The normalized spacial score (nSPS) is 23.8. The van der Waals surface area contributed by atoms with Crippen LogP contribution in [0.5, 0.6) is 0 Å². The summed E-state index contributed by atoms with van der Waals surface area (Å²) in [6.07, 6.45) is 7.52. The Morgan fingerprint density at radius 2 is 2.47 bits per heavy atom. The number of aryl methyl sites for hydroxylation is 1. The van der Waals surface area contributed by atoms with E-state index < -0.39 is 0 Å². The highest BCUT2D eigenvalue weighted by Gasteiger charge is 2.38. The lowest BCUT2D eigenvalue weighted by atomic mass is 10.3. The molecule has 0 saturated heterocycles. The first kappa shape index (κ1) is 10.2. The van der Waals surface area contributed by atoms with E-state index in [0.717, 1.165) is 25.9 Å². The number of rotatable bonds is 5. The molecule has 15 heavy (non-hydrogen) atoms. The molecule has 0 spiro atoms. The van der Waals surface area contributed by atoms with Crippen LogP contribution in [0.15, 0.2) is 18.7 Å². The van der Waals surface area contributed by atoms with E-state index in [1.54, 1.807) is 12.5 Å². The Balaban J connectivity index is 1.57. The van der Waals surface area contributed by atoms with Gasteiger partial charge in [-0.2, -0.15) is 0 Å². The second kappa shape index (κ2) is 4.47. The molecule has 4 heteroatoms. The Labute approximate surface area is 89.7 Å². The SMILES string of the molecule is C[C@@H]1C[C@H]1C(=O)NCCCn1ccnc1. The Kier molecular flexibility index (Phi) is 3.04. The predicted molar refractivity (Wildman–Crippen MR) is 57.1 cm³/mol. The molecule has 1 aliphatic carbocycles. The van der Waals surface area contributed by atoms with E-state index in [2.05, 4.69) is 17.2 Å². The van der Waals surface area contributed by atoms with Crippen LogP contribution in [-0.4, -0.2) is 22.0 Å². The molecule has 1 amide bonds. The van der Waals surface area contributed by atoms with Crippen LogP contribution in [0.4, 0.5) is 0 Å². The predicted octanol–water partition coefficient (Wildman–Crippen LogP) is 1.05. The molecule has 0 bridgehead atoms. The molecule has 1 N–H and O–H groups in total. The third kappa shape index (κ3) is 2.81. The van der Waals surface area contributed by atoms with Gasteiger partial charge in [-0.15, -0.1) is 0 Å². The summed E-state index contributed by atoms with van der Waals surface area (Å²) in [5.74, 6) is 1.12. The van der Waals surface area contributed by atoms with Crippen LogP contribution in [0, 0.1) is 11.8 Å². The maximum atomic E-state index is 11.4. The van der Waals surface area contributed by atoms with Gasteiger partial charge in [0.25, 0.3) is 0 Å². The molecule has 1 aliphatic rings. The van der Waals surface area contributed by atoms with Crippen molar-refractivity contribution in [2.45, 2.75) is 26.3 Å². The van der Waals surface area contributed by atoms with E-state index in [1.165, 1.54) is 0 Å². The lowest BCUT2D eigenvalue weighted by Crippen LogP contribution is -2.27. The van der Waals surface area contributed by atoms with Crippen molar-refractivity contribution in [2.75, 3.05) is 6.54 Å². The van der Waals surface area contributed by atoms with Crippen molar-refractivity contribution in [1.29, 1.82) is 0 Å². The monoisotopic (exact) mass is 207 g/mol. The van der Waals surface area contributed by atoms with E-state index in [0.29, 0.717) is 11.8 Å². The molecule has 2 rings (SSSR count). The zero-order valence-corrected chi connectivity index (χ0v) is 9.02. The summed E-state index contributed by atoms with van der Waals surface area (Å²) in [4.78, 5) is 15.4. The van der Waals surface area contributed by atoms with Crippen LogP contribution in [0.1, 0.15) is 19.8 Å². The molecule has 82 valence electrons. The number of hydrogen-bond donors (Lipinski definition) is 1. The molecular weight excluding hydrogens is 190 g/mol. The summed E-state index contributed by atoms with van der Waals surface area (Å²) in [6, 6.07) is 0. The molecule has 1 heterocycles. The van der Waals surface area contributed by atoms with Crippen molar-refractivity contribution in [3.63, 3.8) is 0 Å². The highest BCUT2D eigenvalue weighted by molar-refractivity contribution is 5.81. The third-order valence-electron chi connectivity index (χ3n) is 2.90. The van der Waals surface area contributed by atoms with Gasteiger partial charge < -0.3 is 9.88 Å². The average molecular weight is 207 g/mol. The van der Waals surface area contributed by atoms with E-state index in [1.807, 2.05) is 10.8 Å². The van der Waals surface area contributed by atoms with Gasteiger partial charge in [0.2, 0.25) is 5.91 Å². The lowest BCUT2D eigenvalue weighted by Gasteiger charge is -2.04. The first-order valence-corrected chi connectivity index (χ1v) is 5.51. The summed E-state index contributed by atoms with van der Waals surface area (Å²) >= 11 is 0. The van der Waals surface area contributed by atoms with Crippen molar-refractivity contribution in [3.8, 4) is 0 Å². The van der Waals surface area contributed by atoms with Gasteiger partial charge in [0.15, 0.2) is 0 Å². The summed E-state index contributed by atoms with van der Waals surface area (Å²) in [5, 5.41) is 2.96.